The summed E-state index contributed by atoms with van der Waals surface area (Å²) in [5.41, 5.74) is 8.14. The molecule has 2 amide bonds. The number of aromatic amines is 2. The van der Waals surface area contributed by atoms with Crippen molar-refractivity contribution in [3.8, 4) is 5.75 Å². The SMILES string of the molecule is COc1cccc2[nH]c(C(=O)NCc3cccc(NC(=O)Cc4nc(N)n[nH]4)c3)cc12. The molecule has 0 saturated heterocycles. The van der Waals surface area contributed by atoms with E-state index in [2.05, 4.69) is 30.8 Å². The highest BCUT2D eigenvalue weighted by atomic mass is 16.5. The van der Waals surface area contributed by atoms with E-state index in [0.717, 1.165) is 16.5 Å². The molecule has 2 aromatic carbocycles. The van der Waals surface area contributed by atoms with Gasteiger partial charge in [-0.3, -0.25) is 14.7 Å². The molecule has 0 atom stereocenters. The molecule has 4 rings (SSSR count). The fourth-order valence-electron chi connectivity index (χ4n) is 3.21. The fraction of sp³-hybridized carbons (Fsp3) is 0.143. The van der Waals surface area contributed by atoms with Crippen molar-refractivity contribution < 1.29 is 14.3 Å². The van der Waals surface area contributed by atoms with Crippen LogP contribution >= 0.6 is 0 Å². The first-order valence-electron chi connectivity index (χ1n) is 9.51. The van der Waals surface area contributed by atoms with Gasteiger partial charge < -0.3 is 26.1 Å². The Morgan fingerprint density at radius 2 is 2.00 bits per heavy atom. The maximum atomic E-state index is 12.6. The number of nitrogen functional groups attached to an aromatic ring is 1. The normalized spacial score (nSPS) is 10.7. The number of carbonyl (C=O) groups excluding carboxylic acids is 2. The lowest BCUT2D eigenvalue weighted by Crippen LogP contribution is -2.23. The molecule has 158 valence electrons. The molecule has 10 heteroatoms. The van der Waals surface area contributed by atoms with Crippen molar-refractivity contribution in [3.63, 3.8) is 0 Å². The van der Waals surface area contributed by atoms with Gasteiger partial charge in [0.15, 0.2) is 0 Å². The fourth-order valence-corrected chi connectivity index (χ4v) is 3.21. The summed E-state index contributed by atoms with van der Waals surface area (Å²) in [5.74, 6) is 0.673. The number of rotatable bonds is 7. The first-order valence-corrected chi connectivity index (χ1v) is 9.51. The van der Waals surface area contributed by atoms with Crippen molar-refractivity contribution in [3.05, 3.63) is 65.6 Å². The van der Waals surface area contributed by atoms with E-state index < -0.39 is 0 Å². The number of hydrogen-bond acceptors (Lipinski definition) is 6. The summed E-state index contributed by atoms with van der Waals surface area (Å²) in [6.45, 7) is 0.299. The maximum Gasteiger partial charge on any atom is 0.267 e. The third kappa shape index (κ3) is 4.64. The van der Waals surface area contributed by atoms with Gasteiger partial charge in [0.25, 0.3) is 5.91 Å². The Morgan fingerprint density at radius 1 is 1.16 bits per heavy atom. The van der Waals surface area contributed by atoms with E-state index in [-0.39, 0.29) is 24.2 Å². The van der Waals surface area contributed by atoms with Gasteiger partial charge in [0, 0.05) is 23.1 Å². The van der Waals surface area contributed by atoms with E-state index in [0.29, 0.717) is 29.5 Å². The van der Waals surface area contributed by atoms with Crippen molar-refractivity contribution in [2.75, 3.05) is 18.2 Å². The molecule has 0 fully saturated rings. The molecule has 2 heterocycles. The van der Waals surface area contributed by atoms with Crippen LogP contribution in [0.3, 0.4) is 0 Å². The quantitative estimate of drug-likeness (QED) is 0.309. The molecule has 0 radical (unpaired) electrons. The number of ether oxygens (including phenoxy) is 1. The van der Waals surface area contributed by atoms with Gasteiger partial charge in [-0.1, -0.05) is 18.2 Å². The number of benzene rings is 2. The zero-order chi connectivity index (χ0) is 21.8. The van der Waals surface area contributed by atoms with Crippen LogP contribution < -0.4 is 21.1 Å². The third-order valence-corrected chi connectivity index (χ3v) is 4.63. The predicted octanol–water partition coefficient (Wildman–Crippen LogP) is 1.99. The largest absolute Gasteiger partial charge is 0.496 e. The average Bonchev–Trinajstić information content (AvgIpc) is 3.38. The van der Waals surface area contributed by atoms with Crippen LogP contribution in [0.4, 0.5) is 11.6 Å². The topological polar surface area (TPSA) is 151 Å². The monoisotopic (exact) mass is 419 g/mol. The van der Waals surface area contributed by atoms with Crippen molar-refractivity contribution >= 4 is 34.4 Å². The highest BCUT2D eigenvalue weighted by Crippen LogP contribution is 2.26. The van der Waals surface area contributed by atoms with Gasteiger partial charge in [-0.05, 0) is 35.9 Å². The average molecular weight is 419 g/mol. The van der Waals surface area contributed by atoms with Crippen LogP contribution in [0, 0.1) is 0 Å². The second-order valence-corrected chi connectivity index (χ2v) is 6.85. The Bertz CT molecular complexity index is 1240. The first-order chi connectivity index (χ1) is 15.0. The Morgan fingerprint density at radius 3 is 2.77 bits per heavy atom. The van der Waals surface area contributed by atoms with Gasteiger partial charge >= 0.3 is 0 Å². The number of nitrogens with one attached hydrogen (secondary N) is 4. The van der Waals surface area contributed by atoms with Crippen LogP contribution in [0.15, 0.2) is 48.5 Å². The molecule has 10 nitrogen and oxygen atoms in total. The van der Waals surface area contributed by atoms with Gasteiger partial charge in [0.1, 0.15) is 17.3 Å². The number of carbonyl (C=O) groups is 2. The van der Waals surface area contributed by atoms with Crippen LogP contribution in [-0.4, -0.2) is 39.1 Å². The number of aromatic nitrogens is 4. The molecule has 0 spiro atoms. The molecule has 0 aliphatic rings. The van der Waals surface area contributed by atoms with Gasteiger partial charge in [-0.25, -0.2) is 0 Å². The summed E-state index contributed by atoms with van der Waals surface area (Å²) in [4.78, 5) is 31.7. The van der Waals surface area contributed by atoms with E-state index in [4.69, 9.17) is 10.5 Å². The number of hydrogen-bond donors (Lipinski definition) is 5. The Kier molecular flexibility index (Phi) is 5.52. The molecule has 0 aliphatic carbocycles. The summed E-state index contributed by atoms with van der Waals surface area (Å²) in [7, 11) is 1.59. The van der Waals surface area contributed by atoms with Crippen molar-refractivity contribution in [2.24, 2.45) is 0 Å². The van der Waals surface area contributed by atoms with Crippen LogP contribution in [0.5, 0.6) is 5.75 Å². The molecule has 0 saturated carbocycles. The van der Waals surface area contributed by atoms with E-state index >= 15 is 0 Å². The van der Waals surface area contributed by atoms with Crippen LogP contribution in [0.2, 0.25) is 0 Å². The maximum absolute atomic E-state index is 12.6. The molecule has 0 aliphatic heterocycles. The Hall–Kier alpha value is -4.34. The summed E-state index contributed by atoms with van der Waals surface area (Å²) in [6, 6.07) is 14.6. The third-order valence-electron chi connectivity index (χ3n) is 4.63. The van der Waals surface area contributed by atoms with E-state index in [1.165, 1.54) is 0 Å². The molecule has 4 aromatic rings. The minimum absolute atomic E-state index is 0.0228. The van der Waals surface area contributed by atoms with Crippen molar-refractivity contribution in [1.29, 1.82) is 0 Å². The van der Waals surface area contributed by atoms with Gasteiger partial charge in [-0.2, -0.15) is 4.98 Å². The summed E-state index contributed by atoms with van der Waals surface area (Å²) < 4.78 is 5.33. The minimum atomic E-state index is -0.260. The van der Waals surface area contributed by atoms with Crippen molar-refractivity contribution in [1.82, 2.24) is 25.5 Å². The molecule has 0 bridgehead atoms. The number of anilines is 2. The van der Waals surface area contributed by atoms with E-state index in [1.807, 2.05) is 24.3 Å². The molecular weight excluding hydrogens is 398 g/mol. The zero-order valence-corrected chi connectivity index (χ0v) is 16.7. The standard InChI is InChI=1S/C21H21N7O3/c1-31-17-7-3-6-15-14(17)9-16(25-15)20(30)23-11-12-4-2-5-13(8-12)24-19(29)10-18-26-21(22)28-27-18/h2-9,25H,10-11H2,1H3,(H,23,30)(H,24,29)(H3,22,26,27,28). The smallest absolute Gasteiger partial charge is 0.267 e. The number of fused-ring (bicyclic) bond motifs is 1. The van der Waals surface area contributed by atoms with E-state index in [1.54, 1.807) is 31.4 Å². The van der Waals surface area contributed by atoms with Gasteiger partial charge in [0.05, 0.1) is 13.5 Å². The number of nitrogens with two attached hydrogens (primary N) is 1. The Balaban J connectivity index is 1.37. The predicted molar refractivity (Wildman–Crippen MR) is 116 cm³/mol. The lowest BCUT2D eigenvalue weighted by atomic mass is 10.2. The van der Waals surface area contributed by atoms with Crippen LogP contribution in [0.1, 0.15) is 21.9 Å². The second kappa shape index (κ2) is 8.57. The highest BCUT2D eigenvalue weighted by molar-refractivity contribution is 5.99. The minimum Gasteiger partial charge on any atom is -0.496 e. The summed E-state index contributed by atoms with van der Waals surface area (Å²) >= 11 is 0. The second-order valence-electron chi connectivity index (χ2n) is 6.85. The van der Waals surface area contributed by atoms with Gasteiger partial charge in [0.2, 0.25) is 11.9 Å². The van der Waals surface area contributed by atoms with Gasteiger partial charge in [-0.15, -0.1) is 5.10 Å². The molecule has 0 unspecified atom stereocenters. The summed E-state index contributed by atoms with van der Waals surface area (Å²) in [5, 5.41) is 12.8. The molecule has 2 aromatic heterocycles. The number of amides is 2. The zero-order valence-electron chi connectivity index (χ0n) is 16.7. The van der Waals surface area contributed by atoms with E-state index in [9.17, 15) is 9.59 Å². The first kappa shape index (κ1) is 20.0. The van der Waals surface area contributed by atoms with Crippen LogP contribution in [-0.2, 0) is 17.8 Å². The Labute approximate surface area is 177 Å². The number of methoxy groups -OCH3 is 1. The number of nitrogens with zero attached hydrogens (tertiary/aromatic N) is 2. The van der Waals surface area contributed by atoms with Crippen molar-refractivity contribution in [2.45, 2.75) is 13.0 Å². The highest BCUT2D eigenvalue weighted by Gasteiger charge is 2.12. The summed E-state index contributed by atoms with van der Waals surface area (Å²) in [6.07, 6.45) is 0.0228. The molecule has 31 heavy (non-hydrogen) atoms. The number of H-pyrrole nitrogens is 2. The molecule has 6 N–H and O–H groups in total. The van der Waals surface area contributed by atoms with Crippen LogP contribution in [0.25, 0.3) is 10.9 Å². The molecular formula is C21H21N7O3. The lowest BCUT2D eigenvalue weighted by molar-refractivity contribution is -0.115. The lowest BCUT2D eigenvalue weighted by Gasteiger charge is -2.08.